The molecule has 0 fully saturated rings. The van der Waals surface area contributed by atoms with Crippen LogP contribution in [0.5, 0.6) is 5.75 Å². The molecule has 0 aliphatic carbocycles. The Bertz CT molecular complexity index is 828. The zero-order valence-electron chi connectivity index (χ0n) is 15.4. The van der Waals surface area contributed by atoms with Crippen molar-refractivity contribution >= 4 is 17.5 Å². The van der Waals surface area contributed by atoms with Crippen molar-refractivity contribution in [1.29, 1.82) is 0 Å². The molecule has 0 spiro atoms. The molecular weight excluding hydrogens is 332 g/mol. The molecule has 1 aliphatic rings. The third kappa shape index (κ3) is 4.04. The van der Waals surface area contributed by atoms with Crippen LogP contribution in [0.1, 0.15) is 23.4 Å². The van der Waals surface area contributed by atoms with Gasteiger partial charge in [0.25, 0.3) is 5.91 Å². The van der Waals surface area contributed by atoms with Crippen molar-refractivity contribution in [2.75, 3.05) is 24.6 Å². The van der Waals surface area contributed by atoms with E-state index in [0.717, 1.165) is 29.9 Å². The SMILES string of the molecule is Cc1ccc2c(c1)N(CC(=O)NCCCn1nc(C)cc1C)C(=O)CO2. The molecule has 0 unspecified atom stereocenters. The molecule has 0 atom stereocenters. The van der Waals surface area contributed by atoms with Gasteiger partial charge in [0.2, 0.25) is 5.91 Å². The van der Waals surface area contributed by atoms with Gasteiger partial charge in [-0.05, 0) is 51.0 Å². The van der Waals surface area contributed by atoms with E-state index >= 15 is 0 Å². The van der Waals surface area contributed by atoms with Crippen LogP contribution < -0.4 is 15.0 Å². The number of hydrogen-bond donors (Lipinski definition) is 1. The number of rotatable bonds is 6. The summed E-state index contributed by atoms with van der Waals surface area (Å²) < 4.78 is 7.37. The predicted octanol–water partition coefficient (Wildman–Crippen LogP) is 1.74. The number of carbonyl (C=O) groups excluding carboxylic acids is 2. The number of benzene rings is 1. The molecule has 0 saturated heterocycles. The highest BCUT2D eigenvalue weighted by Gasteiger charge is 2.27. The molecule has 0 saturated carbocycles. The van der Waals surface area contributed by atoms with Crippen LogP contribution in [-0.2, 0) is 16.1 Å². The van der Waals surface area contributed by atoms with Gasteiger partial charge in [-0.25, -0.2) is 0 Å². The van der Waals surface area contributed by atoms with Crippen molar-refractivity contribution in [2.45, 2.75) is 33.7 Å². The highest BCUT2D eigenvalue weighted by molar-refractivity contribution is 6.02. The Balaban J connectivity index is 1.53. The summed E-state index contributed by atoms with van der Waals surface area (Å²) in [5.74, 6) is 0.245. The molecule has 2 aromatic rings. The number of hydrogen-bond acceptors (Lipinski definition) is 4. The average molecular weight is 356 g/mol. The fourth-order valence-corrected chi connectivity index (χ4v) is 3.04. The number of ether oxygens (including phenoxy) is 1. The van der Waals surface area contributed by atoms with Crippen LogP contribution in [0.4, 0.5) is 5.69 Å². The second-order valence-electron chi connectivity index (χ2n) is 6.59. The minimum absolute atomic E-state index is 0.00144. The second-order valence-corrected chi connectivity index (χ2v) is 6.59. The summed E-state index contributed by atoms with van der Waals surface area (Å²) in [4.78, 5) is 25.9. The van der Waals surface area contributed by atoms with E-state index in [-0.39, 0.29) is 25.0 Å². The van der Waals surface area contributed by atoms with Crippen molar-refractivity contribution in [1.82, 2.24) is 15.1 Å². The topological polar surface area (TPSA) is 76.5 Å². The lowest BCUT2D eigenvalue weighted by molar-refractivity contribution is -0.125. The summed E-state index contributed by atoms with van der Waals surface area (Å²) in [5, 5.41) is 7.28. The third-order valence-corrected chi connectivity index (χ3v) is 4.33. The first-order valence-electron chi connectivity index (χ1n) is 8.75. The largest absolute Gasteiger partial charge is 0.482 e. The van der Waals surface area contributed by atoms with Gasteiger partial charge in [0.15, 0.2) is 6.61 Å². The molecule has 0 radical (unpaired) electrons. The standard InChI is InChI=1S/C19H24N4O3/c1-13-5-6-17-16(9-13)22(19(25)12-26-17)11-18(24)20-7-4-8-23-15(3)10-14(2)21-23/h5-6,9-10H,4,7-8,11-12H2,1-3H3,(H,20,24). The molecule has 1 aromatic carbocycles. The summed E-state index contributed by atoms with van der Waals surface area (Å²) in [6.45, 7) is 7.16. The Labute approximate surface area is 152 Å². The number of nitrogens with zero attached hydrogens (tertiary/aromatic N) is 3. The van der Waals surface area contributed by atoms with Crippen LogP contribution in [0.15, 0.2) is 24.3 Å². The molecule has 7 nitrogen and oxygen atoms in total. The zero-order chi connectivity index (χ0) is 18.7. The maximum absolute atomic E-state index is 12.3. The lowest BCUT2D eigenvalue weighted by Crippen LogP contribution is -2.45. The van der Waals surface area contributed by atoms with E-state index in [1.165, 1.54) is 4.90 Å². The molecule has 1 N–H and O–H groups in total. The van der Waals surface area contributed by atoms with E-state index in [9.17, 15) is 9.59 Å². The summed E-state index contributed by atoms with van der Waals surface area (Å²) in [5.41, 5.74) is 3.77. The molecule has 2 heterocycles. The van der Waals surface area contributed by atoms with Crippen LogP contribution in [0, 0.1) is 20.8 Å². The quantitative estimate of drug-likeness (QED) is 0.800. The van der Waals surface area contributed by atoms with E-state index in [1.54, 1.807) is 0 Å². The first-order valence-corrected chi connectivity index (χ1v) is 8.75. The number of nitrogens with one attached hydrogen (secondary N) is 1. The Hall–Kier alpha value is -2.83. The van der Waals surface area contributed by atoms with Crippen molar-refractivity contribution < 1.29 is 14.3 Å². The lowest BCUT2D eigenvalue weighted by Gasteiger charge is -2.29. The minimum Gasteiger partial charge on any atom is -0.482 e. The van der Waals surface area contributed by atoms with Gasteiger partial charge in [-0.2, -0.15) is 5.10 Å². The summed E-state index contributed by atoms with van der Waals surface area (Å²) in [6, 6.07) is 7.65. The van der Waals surface area contributed by atoms with Gasteiger partial charge in [-0.15, -0.1) is 0 Å². The van der Waals surface area contributed by atoms with Gasteiger partial charge in [-0.1, -0.05) is 6.07 Å². The van der Waals surface area contributed by atoms with Crippen molar-refractivity contribution in [3.05, 3.63) is 41.2 Å². The maximum Gasteiger partial charge on any atom is 0.265 e. The van der Waals surface area contributed by atoms with E-state index in [4.69, 9.17) is 4.74 Å². The monoisotopic (exact) mass is 356 g/mol. The van der Waals surface area contributed by atoms with Gasteiger partial charge in [0, 0.05) is 18.8 Å². The summed E-state index contributed by atoms with van der Waals surface area (Å²) >= 11 is 0. The Kier molecular flexibility index (Phi) is 5.25. The Morgan fingerprint density at radius 2 is 2.08 bits per heavy atom. The number of aromatic nitrogens is 2. The van der Waals surface area contributed by atoms with Crippen molar-refractivity contribution in [3.8, 4) is 5.75 Å². The average Bonchev–Trinajstić information content (AvgIpc) is 2.92. The summed E-state index contributed by atoms with van der Waals surface area (Å²) in [7, 11) is 0. The van der Waals surface area contributed by atoms with E-state index in [0.29, 0.717) is 18.0 Å². The predicted molar refractivity (Wildman–Crippen MR) is 98.4 cm³/mol. The van der Waals surface area contributed by atoms with Crippen LogP contribution in [0.25, 0.3) is 0 Å². The van der Waals surface area contributed by atoms with Crippen molar-refractivity contribution in [2.24, 2.45) is 0 Å². The van der Waals surface area contributed by atoms with Crippen LogP contribution in [0.2, 0.25) is 0 Å². The Morgan fingerprint density at radius 3 is 2.81 bits per heavy atom. The van der Waals surface area contributed by atoms with Crippen LogP contribution in [0.3, 0.4) is 0 Å². The first-order chi connectivity index (χ1) is 12.4. The fourth-order valence-electron chi connectivity index (χ4n) is 3.04. The number of anilines is 1. The van der Waals surface area contributed by atoms with Gasteiger partial charge in [-0.3, -0.25) is 19.2 Å². The molecule has 1 aliphatic heterocycles. The molecule has 7 heteroatoms. The highest BCUT2D eigenvalue weighted by atomic mass is 16.5. The number of amides is 2. The Morgan fingerprint density at radius 1 is 1.27 bits per heavy atom. The molecule has 3 rings (SSSR count). The van der Waals surface area contributed by atoms with Crippen LogP contribution in [-0.4, -0.2) is 41.3 Å². The van der Waals surface area contributed by atoms with Gasteiger partial charge < -0.3 is 10.1 Å². The molecule has 1 aromatic heterocycles. The van der Waals surface area contributed by atoms with E-state index in [1.807, 2.05) is 49.7 Å². The van der Waals surface area contributed by atoms with Gasteiger partial charge in [0.05, 0.1) is 11.4 Å². The normalized spacial score (nSPS) is 13.3. The van der Waals surface area contributed by atoms with E-state index in [2.05, 4.69) is 10.4 Å². The first kappa shape index (κ1) is 18.0. The van der Waals surface area contributed by atoms with Gasteiger partial charge in [0.1, 0.15) is 12.3 Å². The third-order valence-electron chi connectivity index (χ3n) is 4.33. The highest BCUT2D eigenvalue weighted by Crippen LogP contribution is 2.32. The fraction of sp³-hybridized carbons (Fsp3) is 0.421. The molecule has 138 valence electrons. The number of aryl methyl sites for hydroxylation is 4. The molecule has 0 bridgehead atoms. The number of carbonyl (C=O) groups is 2. The van der Waals surface area contributed by atoms with Gasteiger partial charge >= 0.3 is 0 Å². The van der Waals surface area contributed by atoms with E-state index < -0.39 is 0 Å². The summed E-state index contributed by atoms with van der Waals surface area (Å²) in [6.07, 6.45) is 0.778. The van der Waals surface area contributed by atoms with Crippen LogP contribution >= 0.6 is 0 Å². The lowest BCUT2D eigenvalue weighted by atomic mass is 10.1. The smallest absolute Gasteiger partial charge is 0.265 e. The minimum atomic E-state index is -0.208. The molecule has 26 heavy (non-hydrogen) atoms. The number of fused-ring (bicyclic) bond motifs is 1. The maximum atomic E-state index is 12.3. The molecular formula is C19H24N4O3. The second kappa shape index (κ2) is 7.59. The van der Waals surface area contributed by atoms with Crippen molar-refractivity contribution in [3.63, 3.8) is 0 Å². The zero-order valence-corrected chi connectivity index (χ0v) is 15.4. The molecule has 2 amide bonds.